The highest BCUT2D eigenvalue weighted by molar-refractivity contribution is 5.78. The van der Waals surface area contributed by atoms with Crippen LogP contribution in [-0.4, -0.2) is 68.6 Å². The molecule has 0 saturated carbocycles. The van der Waals surface area contributed by atoms with Gasteiger partial charge in [-0.1, -0.05) is 12.1 Å². The van der Waals surface area contributed by atoms with Crippen LogP contribution in [0.25, 0.3) is 0 Å². The monoisotopic (exact) mass is 330 g/mol. The Labute approximate surface area is 144 Å². The molecule has 0 aromatic heterocycles. The zero-order chi connectivity index (χ0) is 17.2. The summed E-state index contributed by atoms with van der Waals surface area (Å²) in [5, 5.41) is 11.2. The number of hydrogen-bond donors (Lipinski definition) is 1. The van der Waals surface area contributed by atoms with Crippen LogP contribution in [0.2, 0.25) is 0 Å². The normalized spacial score (nSPS) is 15.7. The number of hydrogen-bond acceptors (Lipinski definition) is 5. The maximum absolute atomic E-state index is 11.7. The number of rotatable bonds is 8. The van der Waals surface area contributed by atoms with Gasteiger partial charge in [-0.3, -0.25) is 9.69 Å². The third-order valence-electron chi connectivity index (χ3n) is 4.27. The molecule has 24 heavy (non-hydrogen) atoms. The molecule has 0 unspecified atom stereocenters. The molecule has 6 heteroatoms. The number of nitrogens with one attached hydrogen (secondary N) is 1. The predicted octanol–water partition coefficient (Wildman–Crippen LogP) is 0.885. The highest BCUT2D eigenvalue weighted by Crippen LogP contribution is 2.12. The number of methoxy groups -OCH3 is 1. The molecule has 0 atom stereocenters. The van der Waals surface area contributed by atoms with E-state index in [4.69, 9.17) is 10.00 Å². The van der Waals surface area contributed by atoms with Crippen molar-refractivity contribution in [3.63, 3.8) is 0 Å². The summed E-state index contributed by atoms with van der Waals surface area (Å²) < 4.78 is 5.17. The van der Waals surface area contributed by atoms with Gasteiger partial charge in [-0.25, -0.2) is 0 Å². The van der Waals surface area contributed by atoms with Crippen LogP contribution in [-0.2, 0) is 11.2 Å². The number of carbonyl (C=O) groups excluding carboxylic acids is 1. The second kappa shape index (κ2) is 9.91. The molecule has 0 bridgehead atoms. The number of nitriles is 1. The van der Waals surface area contributed by atoms with Crippen molar-refractivity contribution in [1.82, 2.24) is 15.1 Å². The summed E-state index contributed by atoms with van der Waals surface area (Å²) in [6, 6.07) is 10.2. The van der Waals surface area contributed by atoms with Gasteiger partial charge in [0.05, 0.1) is 26.1 Å². The Hall–Kier alpha value is -2.10. The van der Waals surface area contributed by atoms with Crippen LogP contribution in [0.1, 0.15) is 12.0 Å². The van der Waals surface area contributed by atoms with E-state index in [1.54, 1.807) is 7.11 Å². The first-order valence-corrected chi connectivity index (χ1v) is 8.42. The maximum Gasteiger partial charge on any atom is 0.234 e. The van der Waals surface area contributed by atoms with E-state index in [1.807, 2.05) is 18.2 Å². The molecule has 1 fully saturated rings. The molecule has 1 aliphatic heterocycles. The minimum absolute atomic E-state index is 0.0110. The van der Waals surface area contributed by atoms with Gasteiger partial charge in [0.1, 0.15) is 5.75 Å². The highest BCUT2D eigenvalue weighted by Gasteiger charge is 2.18. The Kier molecular flexibility index (Phi) is 7.53. The van der Waals surface area contributed by atoms with Gasteiger partial charge in [0.2, 0.25) is 5.91 Å². The van der Waals surface area contributed by atoms with Gasteiger partial charge >= 0.3 is 0 Å². The third kappa shape index (κ3) is 6.19. The lowest BCUT2D eigenvalue weighted by Crippen LogP contribution is -2.49. The van der Waals surface area contributed by atoms with Crippen molar-refractivity contribution in [2.45, 2.75) is 12.8 Å². The molecular formula is C18H26N4O2. The smallest absolute Gasteiger partial charge is 0.234 e. The van der Waals surface area contributed by atoms with E-state index in [9.17, 15) is 4.79 Å². The summed E-state index contributed by atoms with van der Waals surface area (Å²) in [5.41, 5.74) is 1.31. The number of piperazine rings is 1. The number of benzene rings is 1. The molecule has 1 saturated heterocycles. The van der Waals surface area contributed by atoms with E-state index >= 15 is 0 Å². The molecule has 1 aliphatic rings. The van der Waals surface area contributed by atoms with Crippen molar-refractivity contribution >= 4 is 5.91 Å². The SMILES string of the molecule is COc1ccc(CCN2CCN(CC(=O)NCCC#N)CC2)cc1. The molecule has 0 radical (unpaired) electrons. The molecular weight excluding hydrogens is 304 g/mol. The van der Waals surface area contributed by atoms with Crippen molar-refractivity contribution < 1.29 is 9.53 Å². The molecule has 0 spiro atoms. The van der Waals surface area contributed by atoms with Gasteiger partial charge in [0.25, 0.3) is 0 Å². The predicted molar refractivity (Wildman–Crippen MR) is 92.8 cm³/mol. The van der Waals surface area contributed by atoms with Gasteiger partial charge in [-0.15, -0.1) is 0 Å². The fourth-order valence-corrected chi connectivity index (χ4v) is 2.77. The Morgan fingerprint density at radius 2 is 1.88 bits per heavy atom. The van der Waals surface area contributed by atoms with Crippen LogP contribution >= 0.6 is 0 Å². The summed E-state index contributed by atoms with van der Waals surface area (Å²) >= 11 is 0. The molecule has 6 nitrogen and oxygen atoms in total. The van der Waals surface area contributed by atoms with E-state index < -0.39 is 0 Å². The number of ether oxygens (including phenoxy) is 1. The van der Waals surface area contributed by atoms with Gasteiger partial charge in [-0.05, 0) is 24.1 Å². The fourth-order valence-electron chi connectivity index (χ4n) is 2.77. The van der Waals surface area contributed by atoms with Gasteiger partial charge < -0.3 is 15.0 Å². The van der Waals surface area contributed by atoms with E-state index in [0.717, 1.165) is 44.9 Å². The molecule has 1 N–H and O–H groups in total. The third-order valence-corrected chi connectivity index (χ3v) is 4.27. The molecule has 1 heterocycles. The van der Waals surface area contributed by atoms with Crippen molar-refractivity contribution in [1.29, 1.82) is 5.26 Å². The minimum atomic E-state index is 0.0110. The molecule has 1 aromatic carbocycles. The Bertz CT molecular complexity index is 545. The summed E-state index contributed by atoms with van der Waals surface area (Å²) in [4.78, 5) is 16.4. The average Bonchev–Trinajstić information content (AvgIpc) is 2.62. The first-order chi connectivity index (χ1) is 11.7. The number of carbonyl (C=O) groups is 1. The van der Waals surface area contributed by atoms with Crippen molar-refractivity contribution in [3.8, 4) is 11.8 Å². The zero-order valence-electron chi connectivity index (χ0n) is 14.3. The van der Waals surface area contributed by atoms with Crippen LogP contribution in [0, 0.1) is 11.3 Å². The van der Waals surface area contributed by atoms with Crippen LogP contribution in [0.15, 0.2) is 24.3 Å². The van der Waals surface area contributed by atoms with Crippen molar-refractivity contribution in [2.24, 2.45) is 0 Å². The lowest BCUT2D eigenvalue weighted by molar-refractivity contribution is -0.122. The van der Waals surface area contributed by atoms with Crippen molar-refractivity contribution in [2.75, 3.05) is 52.9 Å². The van der Waals surface area contributed by atoms with Crippen LogP contribution in [0.3, 0.4) is 0 Å². The fraction of sp³-hybridized carbons (Fsp3) is 0.556. The Morgan fingerprint density at radius 1 is 1.21 bits per heavy atom. The standard InChI is InChI=1S/C18H26N4O2/c1-24-17-5-3-16(4-6-17)7-10-21-11-13-22(14-12-21)15-18(23)20-9-2-8-19/h3-6H,2,7,9-15H2,1H3,(H,20,23). The Balaban J connectivity index is 1.63. The molecule has 1 aromatic rings. The first-order valence-electron chi connectivity index (χ1n) is 8.42. The van der Waals surface area contributed by atoms with Crippen LogP contribution in [0.5, 0.6) is 5.75 Å². The summed E-state index contributed by atoms with van der Waals surface area (Å²) in [6.07, 6.45) is 1.39. The average molecular weight is 330 g/mol. The number of amides is 1. The molecule has 1 amide bonds. The largest absolute Gasteiger partial charge is 0.497 e. The van der Waals surface area contributed by atoms with Gasteiger partial charge in [-0.2, -0.15) is 5.26 Å². The number of nitrogens with zero attached hydrogens (tertiary/aromatic N) is 3. The minimum Gasteiger partial charge on any atom is -0.497 e. The highest BCUT2D eigenvalue weighted by atomic mass is 16.5. The van der Waals surface area contributed by atoms with Crippen molar-refractivity contribution in [3.05, 3.63) is 29.8 Å². The summed E-state index contributed by atoms with van der Waals surface area (Å²) in [6.45, 7) is 5.70. The quantitative estimate of drug-likeness (QED) is 0.717. The van der Waals surface area contributed by atoms with E-state index in [2.05, 4.69) is 27.2 Å². The zero-order valence-corrected chi connectivity index (χ0v) is 14.3. The van der Waals surface area contributed by atoms with E-state index in [-0.39, 0.29) is 5.91 Å². The lowest BCUT2D eigenvalue weighted by atomic mass is 10.1. The maximum atomic E-state index is 11.7. The lowest BCUT2D eigenvalue weighted by Gasteiger charge is -2.34. The van der Waals surface area contributed by atoms with Crippen LogP contribution in [0.4, 0.5) is 0 Å². The Morgan fingerprint density at radius 3 is 2.50 bits per heavy atom. The summed E-state index contributed by atoms with van der Waals surface area (Å²) in [7, 11) is 1.68. The second-order valence-corrected chi connectivity index (χ2v) is 5.97. The molecule has 130 valence electrons. The molecule has 2 rings (SSSR count). The summed E-state index contributed by atoms with van der Waals surface area (Å²) in [5.74, 6) is 0.900. The van der Waals surface area contributed by atoms with Gasteiger partial charge in [0.15, 0.2) is 0 Å². The molecule has 0 aliphatic carbocycles. The van der Waals surface area contributed by atoms with E-state index in [0.29, 0.717) is 19.5 Å². The van der Waals surface area contributed by atoms with E-state index in [1.165, 1.54) is 5.56 Å². The van der Waals surface area contributed by atoms with Crippen LogP contribution < -0.4 is 10.1 Å². The van der Waals surface area contributed by atoms with Gasteiger partial charge in [0, 0.05) is 39.3 Å². The topological polar surface area (TPSA) is 68.6 Å². The second-order valence-electron chi connectivity index (χ2n) is 5.97. The first kappa shape index (κ1) is 18.2.